The highest BCUT2D eigenvalue weighted by atomic mass is 32.2. The predicted molar refractivity (Wildman–Crippen MR) is 79.8 cm³/mol. The second-order valence-corrected chi connectivity index (χ2v) is 7.84. The summed E-state index contributed by atoms with van der Waals surface area (Å²) in [5, 5.41) is 0. The molecule has 1 heterocycles. The van der Waals surface area contributed by atoms with Crippen molar-refractivity contribution in [2.75, 3.05) is 12.3 Å². The Balaban J connectivity index is 2.03. The fourth-order valence-corrected chi connectivity index (χ4v) is 5.93. The molecular formula is C15H22N2O2S. The molecule has 3 rings (SSSR count). The maximum absolute atomic E-state index is 13.0. The summed E-state index contributed by atoms with van der Waals surface area (Å²) >= 11 is 0. The van der Waals surface area contributed by atoms with Crippen molar-refractivity contribution in [1.29, 1.82) is 0 Å². The normalized spacial score (nSPS) is 27.4. The molecule has 1 saturated carbocycles. The van der Waals surface area contributed by atoms with Gasteiger partial charge in [0.05, 0.1) is 5.69 Å². The average Bonchev–Trinajstić information content (AvgIpc) is 2.85. The lowest BCUT2D eigenvalue weighted by Gasteiger charge is -2.37. The van der Waals surface area contributed by atoms with E-state index in [1.165, 1.54) is 12.8 Å². The summed E-state index contributed by atoms with van der Waals surface area (Å²) in [6.45, 7) is 2.45. The van der Waals surface area contributed by atoms with Crippen LogP contribution < -0.4 is 5.73 Å². The van der Waals surface area contributed by atoms with Gasteiger partial charge in [-0.1, -0.05) is 18.6 Å². The lowest BCUT2D eigenvalue weighted by molar-refractivity contribution is 0.202. The Bertz CT molecular complexity index is 592. The van der Waals surface area contributed by atoms with Crippen molar-refractivity contribution in [3.63, 3.8) is 0 Å². The van der Waals surface area contributed by atoms with Crippen LogP contribution in [0.15, 0.2) is 23.1 Å². The number of piperidine rings is 1. The van der Waals surface area contributed by atoms with E-state index in [4.69, 9.17) is 5.73 Å². The zero-order chi connectivity index (χ0) is 14.3. The first-order valence-electron chi connectivity index (χ1n) is 7.39. The molecule has 2 aliphatic rings. The van der Waals surface area contributed by atoms with Crippen molar-refractivity contribution in [2.24, 2.45) is 5.92 Å². The molecule has 1 aromatic rings. The van der Waals surface area contributed by atoms with Gasteiger partial charge in [0.15, 0.2) is 0 Å². The lowest BCUT2D eigenvalue weighted by atomic mass is 9.94. The van der Waals surface area contributed by atoms with E-state index < -0.39 is 10.0 Å². The molecule has 1 aliphatic heterocycles. The van der Waals surface area contributed by atoms with Crippen LogP contribution in [-0.2, 0) is 10.0 Å². The molecule has 0 bridgehead atoms. The first-order chi connectivity index (χ1) is 9.51. The van der Waals surface area contributed by atoms with Gasteiger partial charge >= 0.3 is 0 Å². The Morgan fingerprint density at radius 1 is 1.20 bits per heavy atom. The van der Waals surface area contributed by atoms with Crippen LogP contribution in [0.3, 0.4) is 0 Å². The standard InChI is InChI=1S/C15H22N2O2S/c1-11-5-2-8-13(16)15(11)20(18,19)17-10-4-7-12-6-3-9-14(12)17/h2,5,8,12,14H,3-4,6-7,9-10,16H2,1H3. The largest absolute Gasteiger partial charge is 0.398 e. The third-order valence-corrected chi connectivity index (χ3v) is 6.90. The SMILES string of the molecule is Cc1cccc(N)c1S(=O)(=O)N1CCCC2CCCC21. The minimum atomic E-state index is -3.47. The number of rotatable bonds is 2. The van der Waals surface area contributed by atoms with Crippen LogP contribution in [0.2, 0.25) is 0 Å². The van der Waals surface area contributed by atoms with Gasteiger partial charge in [0, 0.05) is 12.6 Å². The molecule has 1 saturated heterocycles. The van der Waals surface area contributed by atoms with Crippen LogP contribution in [0.5, 0.6) is 0 Å². The van der Waals surface area contributed by atoms with Crippen molar-refractivity contribution < 1.29 is 8.42 Å². The summed E-state index contributed by atoms with van der Waals surface area (Å²) in [5.41, 5.74) is 7.05. The van der Waals surface area contributed by atoms with Crippen LogP contribution in [0.25, 0.3) is 0 Å². The van der Waals surface area contributed by atoms with E-state index >= 15 is 0 Å². The Morgan fingerprint density at radius 2 is 1.95 bits per heavy atom. The van der Waals surface area contributed by atoms with Crippen molar-refractivity contribution in [3.8, 4) is 0 Å². The molecule has 2 fully saturated rings. The Kier molecular flexibility index (Phi) is 3.50. The molecule has 0 aromatic heterocycles. The lowest BCUT2D eigenvalue weighted by Crippen LogP contribution is -2.46. The van der Waals surface area contributed by atoms with Gasteiger partial charge in [-0.2, -0.15) is 4.31 Å². The van der Waals surface area contributed by atoms with Crippen molar-refractivity contribution >= 4 is 15.7 Å². The van der Waals surface area contributed by atoms with E-state index in [2.05, 4.69) is 0 Å². The number of hydrogen-bond acceptors (Lipinski definition) is 3. The zero-order valence-electron chi connectivity index (χ0n) is 11.9. The number of nitrogens with two attached hydrogens (primary N) is 1. The third-order valence-electron chi connectivity index (χ3n) is 4.75. The van der Waals surface area contributed by atoms with Crippen LogP contribution in [-0.4, -0.2) is 25.3 Å². The van der Waals surface area contributed by atoms with Gasteiger partial charge in [0.1, 0.15) is 4.90 Å². The molecule has 2 unspecified atom stereocenters. The highest BCUT2D eigenvalue weighted by molar-refractivity contribution is 7.89. The Labute approximate surface area is 121 Å². The van der Waals surface area contributed by atoms with E-state index in [0.29, 0.717) is 23.0 Å². The molecule has 1 aliphatic carbocycles. The number of sulfonamides is 1. The van der Waals surface area contributed by atoms with Gasteiger partial charge in [-0.25, -0.2) is 8.42 Å². The minimum Gasteiger partial charge on any atom is -0.398 e. The van der Waals surface area contributed by atoms with E-state index in [-0.39, 0.29) is 6.04 Å². The molecule has 2 N–H and O–H groups in total. The number of nitrogens with zero attached hydrogens (tertiary/aromatic N) is 1. The van der Waals surface area contributed by atoms with Crippen LogP contribution in [0.1, 0.15) is 37.7 Å². The van der Waals surface area contributed by atoms with Gasteiger partial charge in [-0.15, -0.1) is 0 Å². The summed E-state index contributed by atoms with van der Waals surface area (Å²) in [7, 11) is -3.47. The van der Waals surface area contributed by atoms with Crippen LogP contribution in [0, 0.1) is 12.8 Å². The van der Waals surface area contributed by atoms with Gasteiger partial charge < -0.3 is 5.73 Å². The van der Waals surface area contributed by atoms with E-state index in [1.54, 1.807) is 16.4 Å². The molecule has 20 heavy (non-hydrogen) atoms. The zero-order valence-corrected chi connectivity index (χ0v) is 12.7. The van der Waals surface area contributed by atoms with Crippen LogP contribution >= 0.6 is 0 Å². The van der Waals surface area contributed by atoms with Gasteiger partial charge in [-0.3, -0.25) is 0 Å². The minimum absolute atomic E-state index is 0.188. The first kappa shape index (κ1) is 13.9. The van der Waals surface area contributed by atoms with Crippen LogP contribution in [0.4, 0.5) is 5.69 Å². The molecule has 2 atom stereocenters. The molecule has 4 nitrogen and oxygen atoms in total. The number of benzene rings is 1. The van der Waals surface area contributed by atoms with Gasteiger partial charge in [-0.05, 0) is 50.2 Å². The molecule has 0 spiro atoms. The highest BCUT2D eigenvalue weighted by Gasteiger charge is 2.42. The second-order valence-electron chi connectivity index (χ2n) is 6.01. The smallest absolute Gasteiger partial charge is 0.245 e. The molecular weight excluding hydrogens is 272 g/mol. The second kappa shape index (κ2) is 5.04. The van der Waals surface area contributed by atoms with E-state index in [9.17, 15) is 8.42 Å². The predicted octanol–water partition coefficient (Wildman–Crippen LogP) is 2.53. The molecule has 5 heteroatoms. The number of hydrogen-bond donors (Lipinski definition) is 1. The molecule has 110 valence electrons. The summed E-state index contributed by atoms with van der Waals surface area (Å²) in [5.74, 6) is 0.545. The fraction of sp³-hybridized carbons (Fsp3) is 0.600. The number of nitrogen functional groups attached to an aromatic ring is 1. The van der Waals surface area contributed by atoms with Gasteiger partial charge in [0.25, 0.3) is 0 Å². The monoisotopic (exact) mass is 294 g/mol. The summed E-state index contributed by atoms with van der Waals surface area (Å²) < 4.78 is 27.8. The number of aryl methyl sites for hydroxylation is 1. The maximum Gasteiger partial charge on any atom is 0.245 e. The Morgan fingerprint density at radius 3 is 2.70 bits per heavy atom. The summed E-state index contributed by atoms with van der Waals surface area (Å²) in [4.78, 5) is 0.313. The third kappa shape index (κ3) is 2.13. The topological polar surface area (TPSA) is 63.4 Å². The quantitative estimate of drug-likeness (QED) is 0.853. The summed E-state index contributed by atoms with van der Waals surface area (Å²) in [6.07, 6.45) is 5.44. The summed E-state index contributed by atoms with van der Waals surface area (Å²) in [6, 6.07) is 5.49. The average molecular weight is 294 g/mol. The number of fused-ring (bicyclic) bond motifs is 1. The Hall–Kier alpha value is -1.07. The van der Waals surface area contributed by atoms with Crippen molar-refractivity contribution in [3.05, 3.63) is 23.8 Å². The first-order valence-corrected chi connectivity index (χ1v) is 8.83. The van der Waals surface area contributed by atoms with Gasteiger partial charge in [0.2, 0.25) is 10.0 Å². The molecule has 0 radical (unpaired) electrons. The fourth-order valence-electron chi connectivity index (χ4n) is 3.85. The van der Waals surface area contributed by atoms with Crippen molar-refractivity contribution in [1.82, 2.24) is 4.31 Å². The molecule has 0 amide bonds. The number of anilines is 1. The maximum atomic E-state index is 13.0. The highest BCUT2D eigenvalue weighted by Crippen LogP contribution is 2.40. The van der Waals surface area contributed by atoms with E-state index in [0.717, 1.165) is 24.8 Å². The molecule has 1 aromatic carbocycles. The van der Waals surface area contributed by atoms with E-state index in [1.807, 2.05) is 13.0 Å². The van der Waals surface area contributed by atoms with Crippen molar-refractivity contribution in [2.45, 2.75) is 50.0 Å².